The van der Waals surface area contributed by atoms with E-state index in [9.17, 15) is 9.90 Å². The summed E-state index contributed by atoms with van der Waals surface area (Å²) in [6, 6.07) is 8.40. The second kappa shape index (κ2) is 4.87. The summed E-state index contributed by atoms with van der Waals surface area (Å²) in [5.74, 6) is -0.123. The minimum absolute atomic E-state index is 0.119. The van der Waals surface area contributed by atoms with E-state index in [0.29, 0.717) is 16.8 Å². The standard InChI is InChI=1S/C14H14N2O2/c1-9-8-11(6-7-15-9)16-14(18)12-4-3-5-13(17)10(12)2/h3-8,17H,1-2H3,(H,15,16,18). The number of pyridine rings is 1. The summed E-state index contributed by atoms with van der Waals surface area (Å²) in [5.41, 5.74) is 2.56. The highest BCUT2D eigenvalue weighted by Gasteiger charge is 2.11. The Morgan fingerprint density at radius 2 is 2.06 bits per heavy atom. The monoisotopic (exact) mass is 242 g/mol. The molecule has 1 aromatic carbocycles. The third-order valence-corrected chi connectivity index (χ3v) is 2.70. The normalized spacial score (nSPS) is 10.1. The highest BCUT2D eigenvalue weighted by atomic mass is 16.3. The number of anilines is 1. The van der Waals surface area contributed by atoms with Crippen molar-refractivity contribution in [3.8, 4) is 5.75 Å². The number of phenols is 1. The van der Waals surface area contributed by atoms with Gasteiger partial charge < -0.3 is 10.4 Å². The molecule has 0 saturated heterocycles. The maximum atomic E-state index is 12.1. The minimum atomic E-state index is -0.242. The maximum Gasteiger partial charge on any atom is 0.256 e. The average Bonchev–Trinajstić information content (AvgIpc) is 2.32. The molecule has 18 heavy (non-hydrogen) atoms. The van der Waals surface area contributed by atoms with Crippen LogP contribution in [-0.2, 0) is 0 Å². The summed E-state index contributed by atoms with van der Waals surface area (Å²) in [6.45, 7) is 3.57. The van der Waals surface area contributed by atoms with E-state index >= 15 is 0 Å². The van der Waals surface area contributed by atoms with Crippen LogP contribution in [-0.4, -0.2) is 16.0 Å². The van der Waals surface area contributed by atoms with Crippen LogP contribution in [0, 0.1) is 13.8 Å². The molecule has 2 N–H and O–H groups in total. The van der Waals surface area contributed by atoms with Crippen LogP contribution in [0.2, 0.25) is 0 Å². The van der Waals surface area contributed by atoms with Crippen molar-refractivity contribution in [2.24, 2.45) is 0 Å². The average molecular weight is 242 g/mol. The Morgan fingerprint density at radius 1 is 1.28 bits per heavy atom. The summed E-state index contributed by atoms with van der Waals surface area (Å²) in [4.78, 5) is 16.1. The highest BCUT2D eigenvalue weighted by molar-refractivity contribution is 6.05. The number of phenolic OH excluding ortho intramolecular Hbond substituents is 1. The molecular weight excluding hydrogens is 228 g/mol. The summed E-state index contributed by atoms with van der Waals surface area (Å²) in [6.07, 6.45) is 1.64. The smallest absolute Gasteiger partial charge is 0.256 e. The lowest BCUT2D eigenvalue weighted by Crippen LogP contribution is -2.13. The number of aryl methyl sites for hydroxylation is 1. The largest absolute Gasteiger partial charge is 0.508 e. The number of nitrogens with zero attached hydrogens (tertiary/aromatic N) is 1. The summed E-state index contributed by atoms with van der Waals surface area (Å²) in [7, 11) is 0. The lowest BCUT2D eigenvalue weighted by molar-refractivity contribution is 0.102. The number of nitrogens with one attached hydrogen (secondary N) is 1. The Kier molecular flexibility index (Phi) is 3.28. The van der Waals surface area contributed by atoms with Crippen molar-refractivity contribution in [1.82, 2.24) is 4.98 Å². The quantitative estimate of drug-likeness (QED) is 0.851. The van der Waals surface area contributed by atoms with Crippen molar-refractivity contribution in [2.75, 3.05) is 5.32 Å². The topological polar surface area (TPSA) is 62.2 Å². The van der Waals surface area contributed by atoms with Gasteiger partial charge in [-0.15, -0.1) is 0 Å². The van der Waals surface area contributed by atoms with Gasteiger partial charge in [-0.3, -0.25) is 9.78 Å². The molecule has 4 heteroatoms. The van der Waals surface area contributed by atoms with Crippen molar-refractivity contribution in [2.45, 2.75) is 13.8 Å². The van der Waals surface area contributed by atoms with Crippen LogP contribution >= 0.6 is 0 Å². The van der Waals surface area contributed by atoms with Gasteiger partial charge in [0.1, 0.15) is 5.75 Å². The fraction of sp³-hybridized carbons (Fsp3) is 0.143. The fourth-order valence-corrected chi connectivity index (χ4v) is 1.69. The second-order valence-electron chi connectivity index (χ2n) is 4.09. The molecular formula is C14H14N2O2. The molecule has 0 spiro atoms. The van der Waals surface area contributed by atoms with E-state index in [2.05, 4.69) is 10.3 Å². The number of benzene rings is 1. The van der Waals surface area contributed by atoms with Gasteiger partial charge in [-0.2, -0.15) is 0 Å². The molecule has 0 bridgehead atoms. The van der Waals surface area contributed by atoms with Gasteiger partial charge in [0.2, 0.25) is 0 Å². The molecule has 0 aliphatic rings. The van der Waals surface area contributed by atoms with Crippen molar-refractivity contribution in [3.63, 3.8) is 0 Å². The van der Waals surface area contributed by atoms with Crippen molar-refractivity contribution in [3.05, 3.63) is 53.3 Å². The van der Waals surface area contributed by atoms with Crippen LogP contribution in [0.15, 0.2) is 36.5 Å². The van der Waals surface area contributed by atoms with Gasteiger partial charge in [-0.05, 0) is 38.1 Å². The molecule has 1 amide bonds. The number of aromatic nitrogens is 1. The first-order valence-corrected chi connectivity index (χ1v) is 5.60. The van der Waals surface area contributed by atoms with E-state index in [1.807, 2.05) is 6.92 Å². The Hall–Kier alpha value is -2.36. The van der Waals surface area contributed by atoms with Crippen LogP contribution < -0.4 is 5.32 Å². The van der Waals surface area contributed by atoms with Gasteiger partial charge in [0.15, 0.2) is 0 Å². The van der Waals surface area contributed by atoms with Gasteiger partial charge >= 0.3 is 0 Å². The lowest BCUT2D eigenvalue weighted by atomic mass is 10.1. The van der Waals surface area contributed by atoms with Crippen LogP contribution in [0.25, 0.3) is 0 Å². The first kappa shape index (κ1) is 12.1. The van der Waals surface area contributed by atoms with Crippen molar-refractivity contribution < 1.29 is 9.90 Å². The highest BCUT2D eigenvalue weighted by Crippen LogP contribution is 2.20. The van der Waals surface area contributed by atoms with Crippen LogP contribution in [0.3, 0.4) is 0 Å². The molecule has 0 saturated carbocycles. The fourth-order valence-electron chi connectivity index (χ4n) is 1.69. The lowest BCUT2D eigenvalue weighted by Gasteiger charge is -2.08. The van der Waals surface area contributed by atoms with Crippen molar-refractivity contribution >= 4 is 11.6 Å². The van der Waals surface area contributed by atoms with Gasteiger partial charge in [-0.1, -0.05) is 6.07 Å². The Morgan fingerprint density at radius 3 is 2.78 bits per heavy atom. The molecule has 92 valence electrons. The molecule has 1 heterocycles. The molecule has 4 nitrogen and oxygen atoms in total. The third-order valence-electron chi connectivity index (χ3n) is 2.70. The summed E-state index contributed by atoms with van der Waals surface area (Å²) in [5, 5.41) is 12.3. The molecule has 0 radical (unpaired) electrons. The summed E-state index contributed by atoms with van der Waals surface area (Å²) < 4.78 is 0. The van der Waals surface area contributed by atoms with E-state index in [4.69, 9.17) is 0 Å². The van der Waals surface area contributed by atoms with E-state index in [1.165, 1.54) is 0 Å². The first-order chi connectivity index (χ1) is 8.58. The third kappa shape index (κ3) is 2.48. The van der Waals surface area contributed by atoms with Gasteiger partial charge in [0.25, 0.3) is 5.91 Å². The SMILES string of the molecule is Cc1cc(NC(=O)c2cccc(O)c2C)ccn1. The predicted molar refractivity (Wildman–Crippen MR) is 69.8 cm³/mol. The Labute approximate surface area is 105 Å². The summed E-state index contributed by atoms with van der Waals surface area (Å²) >= 11 is 0. The zero-order chi connectivity index (χ0) is 13.1. The molecule has 1 aromatic heterocycles. The van der Waals surface area contributed by atoms with E-state index < -0.39 is 0 Å². The number of rotatable bonds is 2. The molecule has 0 unspecified atom stereocenters. The van der Waals surface area contributed by atoms with E-state index in [-0.39, 0.29) is 11.7 Å². The number of aromatic hydroxyl groups is 1. The second-order valence-corrected chi connectivity index (χ2v) is 4.09. The Bertz CT molecular complexity index is 594. The first-order valence-electron chi connectivity index (χ1n) is 5.60. The van der Waals surface area contributed by atoms with Gasteiger partial charge in [0.05, 0.1) is 0 Å². The van der Waals surface area contributed by atoms with Crippen LogP contribution in [0.5, 0.6) is 5.75 Å². The molecule has 0 fully saturated rings. The number of hydrogen-bond acceptors (Lipinski definition) is 3. The van der Waals surface area contributed by atoms with Crippen LogP contribution in [0.1, 0.15) is 21.6 Å². The molecule has 0 aliphatic heterocycles. The van der Waals surface area contributed by atoms with E-state index in [1.54, 1.807) is 43.5 Å². The molecule has 2 aromatic rings. The van der Waals surface area contributed by atoms with Gasteiger partial charge in [0, 0.05) is 28.7 Å². The number of carbonyl (C=O) groups excluding carboxylic acids is 1. The van der Waals surface area contributed by atoms with Crippen molar-refractivity contribution in [1.29, 1.82) is 0 Å². The number of hydrogen-bond donors (Lipinski definition) is 2. The van der Waals surface area contributed by atoms with Crippen LogP contribution in [0.4, 0.5) is 5.69 Å². The van der Waals surface area contributed by atoms with E-state index in [0.717, 1.165) is 5.69 Å². The predicted octanol–water partition coefficient (Wildman–Crippen LogP) is 2.66. The minimum Gasteiger partial charge on any atom is -0.508 e. The zero-order valence-electron chi connectivity index (χ0n) is 10.3. The maximum absolute atomic E-state index is 12.1. The Balaban J connectivity index is 2.25. The molecule has 2 rings (SSSR count). The van der Waals surface area contributed by atoms with Gasteiger partial charge in [-0.25, -0.2) is 0 Å². The molecule has 0 atom stereocenters. The number of amides is 1. The number of carbonyl (C=O) groups is 1. The molecule has 0 aliphatic carbocycles. The zero-order valence-corrected chi connectivity index (χ0v) is 10.3.